The van der Waals surface area contributed by atoms with Crippen molar-refractivity contribution in [2.24, 2.45) is 0 Å². The third kappa shape index (κ3) is 2.45. The van der Waals surface area contributed by atoms with Gasteiger partial charge >= 0.3 is 0 Å². The summed E-state index contributed by atoms with van der Waals surface area (Å²) in [5, 5.41) is 0. The van der Waals surface area contributed by atoms with E-state index in [1.165, 1.54) is 0 Å². The molecule has 2 aromatic carbocycles. The summed E-state index contributed by atoms with van der Waals surface area (Å²) < 4.78 is 0. The molecule has 0 aliphatic rings. The lowest BCUT2D eigenvalue weighted by atomic mass is 10.2. The van der Waals surface area contributed by atoms with Crippen molar-refractivity contribution in [3.05, 3.63) is 79.3 Å². The van der Waals surface area contributed by atoms with Gasteiger partial charge in [0.05, 0.1) is 6.20 Å². The van der Waals surface area contributed by atoms with E-state index < -0.39 is 0 Å². The highest BCUT2D eigenvalue weighted by Gasteiger charge is 2.12. The van der Waals surface area contributed by atoms with E-state index in [4.69, 9.17) is 0 Å². The third-order valence-electron chi connectivity index (χ3n) is 2.81. The molecule has 0 aliphatic heterocycles. The van der Waals surface area contributed by atoms with Gasteiger partial charge in [-0.1, -0.05) is 36.4 Å². The lowest BCUT2D eigenvalue weighted by Gasteiger charge is -2.23. The highest BCUT2D eigenvalue weighted by Crippen LogP contribution is 2.31. The monoisotopic (exact) mass is 247 g/mol. The molecule has 19 heavy (non-hydrogen) atoms. The average Bonchev–Trinajstić information content (AvgIpc) is 2.51. The molecule has 0 saturated carbocycles. The van der Waals surface area contributed by atoms with E-state index in [0.717, 1.165) is 17.2 Å². The van der Waals surface area contributed by atoms with E-state index in [2.05, 4.69) is 39.1 Å². The van der Waals surface area contributed by atoms with E-state index >= 15 is 0 Å². The van der Waals surface area contributed by atoms with Gasteiger partial charge in [0, 0.05) is 23.8 Å². The Morgan fingerprint density at radius 3 is 1.74 bits per heavy atom. The molecule has 3 heteroatoms. The second kappa shape index (κ2) is 5.31. The van der Waals surface area contributed by atoms with Crippen LogP contribution in [0.4, 0.5) is 17.2 Å². The number of aromatic nitrogens is 2. The molecule has 0 aliphatic carbocycles. The van der Waals surface area contributed by atoms with Gasteiger partial charge in [-0.3, -0.25) is 9.88 Å². The second-order valence-electron chi connectivity index (χ2n) is 4.07. The Morgan fingerprint density at radius 2 is 1.26 bits per heavy atom. The maximum absolute atomic E-state index is 4.40. The molecule has 0 amide bonds. The SMILES string of the molecule is c1ccc(N(c2ccccc2)c2cnccn2)cc1. The number of hydrogen-bond acceptors (Lipinski definition) is 3. The molecule has 1 heterocycles. The molecule has 3 aromatic rings. The van der Waals surface area contributed by atoms with Crippen molar-refractivity contribution in [2.45, 2.75) is 0 Å². The summed E-state index contributed by atoms with van der Waals surface area (Å²) >= 11 is 0. The van der Waals surface area contributed by atoms with E-state index in [0.29, 0.717) is 0 Å². The van der Waals surface area contributed by atoms with Crippen molar-refractivity contribution < 1.29 is 0 Å². The molecule has 0 fully saturated rings. The standard InChI is InChI=1S/C16H13N3/c1-3-7-14(8-4-1)19(15-9-5-2-6-10-15)16-13-17-11-12-18-16/h1-13H. The molecule has 0 spiro atoms. The van der Waals surface area contributed by atoms with Gasteiger partial charge in [0.15, 0.2) is 5.82 Å². The zero-order chi connectivity index (χ0) is 12.9. The first kappa shape index (κ1) is 11.4. The summed E-state index contributed by atoms with van der Waals surface area (Å²) in [6.45, 7) is 0. The number of para-hydroxylation sites is 2. The summed E-state index contributed by atoms with van der Waals surface area (Å²) in [6.07, 6.45) is 5.14. The molecule has 0 saturated heterocycles. The summed E-state index contributed by atoms with van der Waals surface area (Å²) in [7, 11) is 0. The van der Waals surface area contributed by atoms with Gasteiger partial charge in [-0.2, -0.15) is 0 Å². The lowest BCUT2D eigenvalue weighted by Crippen LogP contribution is -2.11. The molecule has 3 rings (SSSR count). The minimum Gasteiger partial charge on any atom is -0.294 e. The molecule has 3 nitrogen and oxygen atoms in total. The van der Waals surface area contributed by atoms with Gasteiger partial charge in [0.1, 0.15) is 0 Å². The average molecular weight is 247 g/mol. The summed E-state index contributed by atoms with van der Waals surface area (Å²) in [4.78, 5) is 10.6. The molecule has 0 radical (unpaired) electrons. The molecular formula is C16H13N3. The lowest BCUT2D eigenvalue weighted by molar-refractivity contribution is 1.12. The van der Waals surface area contributed by atoms with Crippen LogP contribution in [0.3, 0.4) is 0 Å². The van der Waals surface area contributed by atoms with Crippen LogP contribution in [0.25, 0.3) is 0 Å². The summed E-state index contributed by atoms with van der Waals surface area (Å²) in [5.74, 6) is 0.805. The van der Waals surface area contributed by atoms with Crippen LogP contribution in [0.5, 0.6) is 0 Å². The Balaban J connectivity index is 2.12. The fourth-order valence-electron chi connectivity index (χ4n) is 1.97. The normalized spacial score (nSPS) is 10.1. The number of benzene rings is 2. The highest BCUT2D eigenvalue weighted by atomic mass is 15.2. The van der Waals surface area contributed by atoms with Crippen molar-refractivity contribution in [1.29, 1.82) is 0 Å². The molecular weight excluding hydrogens is 234 g/mol. The molecule has 0 unspecified atom stereocenters. The topological polar surface area (TPSA) is 29.0 Å². The van der Waals surface area contributed by atoms with Gasteiger partial charge in [0.25, 0.3) is 0 Å². The maximum Gasteiger partial charge on any atom is 0.156 e. The van der Waals surface area contributed by atoms with Gasteiger partial charge in [-0.15, -0.1) is 0 Å². The van der Waals surface area contributed by atoms with Crippen LogP contribution in [0.15, 0.2) is 79.3 Å². The Morgan fingerprint density at radius 1 is 0.684 bits per heavy atom. The predicted octanol–water partition coefficient (Wildman–Crippen LogP) is 3.95. The smallest absolute Gasteiger partial charge is 0.156 e. The maximum atomic E-state index is 4.40. The number of anilines is 3. The third-order valence-corrected chi connectivity index (χ3v) is 2.81. The largest absolute Gasteiger partial charge is 0.294 e. The van der Waals surface area contributed by atoms with Crippen LogP contribution in [-0.2, 0) is 0 Å². The minimum absolute atomic E-state index is 0.805. The van der Waals surface area contributed by atoms with Crippen molar-refractivity contribution in [3.63, 3.8) is 0 Å². The van der Waals surface area contributed by atoms with E-state index in [9.17, 15) is 0 Å². The first-order valence-electron chi connectivity index (χ1n) is 6.11. The van der Waals surface area contributed by atoms with E-state index in [1.54, 1.807) is 18.6 Å². The van der Waals surface area contributed by atoms with Crippen molar-refractivity contribution in [1.82, 2.24) is 9.97 Å². The van der Waals surface area contributed by atoms with Gasteiger partial charge < -0.3 is 0 Å². The van der Waals surface area contributed by atoms with E-state index in [1.807, 2.05) is 36.4 Å². The quantitative estimate of drug-likeness (QED) is 0.701. The summed E-state index contributed by atoms with van der Waals surface area (Å²) in [5.41, 5.74) is 2.13. The van der Waals surface area contributed by atoms with Gasteiger partial charge in [-0.25, -0.2) is 4.98 Å². The van der Waals surface area contributed by atoms with Crippen molar-refractivity contribution >= 4 is 17.2 Å². The Bertz CT molecular complexity index is 530. The van der Waals surface area contributed by atoms with Crippen LogP contribution < -0.4 is 4.90 Å². The molecule has 0 bridgehead atoms. The van der Waals surface area contributed by atoms with Gasteiger partial charge in [-0.05, 0) is 24.3 Å². The van der Waals surface area contributed by atoms with Crippen molar-refractivity contribution in [3.8, 4) is 0 Å². The van der Waals surface area contributed by atoms with Crippen LogP contribution in [0.1, 0.15) is 0 Å². The van der Waals surface area contributed by atoms with Crippen molar-refractivity contribution in [2.75, 3.05) is 4.90 Å². The molecule has 1 aromatic heterocycles. The Hall–Kier alpha value is -2.68. The predicted molar refractivity (Wildman–Crippen MR) is 76.7 cm³/mol. The van der Waals surface area contributed by atoms with Gasteiger partial charge in [0.2, 0.25) is 0 Å². The Labute approximate surface area is 112 Å². The zero-order valence-electron chi connectivity index (χ0n) is 10.3. The molecule has 0 N–H and O–H groups in total. The van der Waals surface area contributed by atoms with E-state index in [-0.39, 0.29) is 0 Å². The van der Waals surface area contributed by atoms with Crippen LogP contribution in [0.2, 0.25) is 0 Å². The molecule has 92 valence electrons. The minimum atomic E-state index is 0.805. The highest BCUT2D eigenvalue weighted by molar-refractivity contribution is 5.73. The van der Waals surface area contributed by atoms with Crippen LogP contribution >= 0.6 is 0 Å². The number of nitrogens with zero attached hydrogens (tertiary/aromatic N) is 3. The molecule has 0 atom stereocenters. The zero-order valence-corrected chi connectivity index (χ0v) is 10.3. The van der Waals surface area contributed by atoms with Crippen LogP contribution in [0, 0.1) is 0 Å². The second-order valence-corrected chi connectivity index (χ2v) is 4.07. The summed E-state index contributed by atoms with van der Waals surface area (Å²) in [6, 6.07) is 20.3. The Kier molecular flexibility index (Phi) is 3.19. The number of rotatable bonds is 3. The first-order valence-corrected chi connectivity index (χ1v) is 6.11. The first-order chi connectivity index (χ1) is 9.45. The van der Waals surface area contributed by atoms with Crippen LogP contribution in [-0.4, -0.2) is 9.97 Å². The fraction of sp³-hybridized carbons (Fsp3) is 0. The number of hydrogen-bond donors (Lipinski definition) is 0. The fourth-order valence-corrected chi connectivity index (χ4v) is 1.97.